The van der Waals surface area contributed by atoms with Gasteiger partial charge in [-0.15, -0.1) is 0 Å². The molecule has 1 aromatic rings. The van der Waals surface area contributed by atoms with Gasteiger partial charge in [-0.25, -0.2) is 4.99 Å². The molecule has 2 atom stereocenters. The summed E-state index contributed by atoms with van der Waals surface area (Å²) in [6.45, 7) is 8.52. The molecule has 26 heavy (non-hydrogen) atoms. The number of aliphatic imine (C=N–C) groups is 1. The van der Waals surface area contributed by atoms with Gasteiger partial charge in [0.05, 0.1) is 6.04 Å². The summed E-state index contributed by atoms with van der Waals surface area (Å²) in [6, 6.07) is 8.41. The monoisotopic (exact) mass is 360 g/mol. The number of nitrogens with zero attached hydrogens (tertiary/aromatic N) is 2. The molecule has 1 aliphatic rings. The summed E-state index contributed by atoms with van der Waals surface area (Å²) in [5.41, 5.74) is 0.844. The molecule has 6 nitrogen and oxygen atoms in total. The largest absolute Gasteiger partial charge is 0.487 e. The lowest BCUT2D eigenvalue weighted by Crippen LogP contribution is -2.47. The maximum Gasteiger partial charge on any atom is 0.243 e. The van der Waals surface area contributed by atoms with Gasteiger partial charge in [0.2, 0.25) is 5.91 Å². The van der Waals surface area contributed by atoms with Crippen LogP contribution in [0.2, 0.25) is 0 Å². The molecule has 1 heterocycles. The predicted octanol–water partition coefficient (Wildman–Crippen LogP) is 2.71. The average molecular weight is 361 g/mol. The smallest absolute Gasteiger partial charge is 0.243 e. The summed E-state index contributed by atoms with van der Waals surface area (Å²) in [6.07, 6.45) is 1.78. The highest BCUT2D eigenvalue weighted by molar-refractivity contribution is 5.85. The van der Waals surface area contributed by atoms with Crippen LogP contribution in [-0.2, 0) is 4.79 Å². The Balaban J connectivity index is 2.23. The Labute approximate surface area is 157 Å². The molecule has 1 amide bonds. The number of hydrogen-bond acceptors (Lipinski definition) is 3. The minimum Gasteiger partial charge on any atom is -0.487 e. The van der Waals surface area contributed by atoms with Gasteiger partial charge in [0, 0.05) is 32.1 Å². The molecule has 0 saturated heterocycles. The number of para-hydroxylation sites is 1. The van der Waals surface area contributed by atoms with Crippen molar-refractivity contribution in [1.82, 2.24) is 15.5 Å². The summed E-state index contributed by atoms with van der Waals surface area (Å²) in [4.78, 5) is 18.0. The van der Waals surface area contributed by atoms with E-state index in [1.165, 1.54) is 0 Å². The Kier molecular flexibility index (Phi) is 6.51. The van der Waals surface area contributed by atoms with Gasteiger partial charge in [-0.05, 0) is 33.3 Å². The van der Waals surface area contributed by atoms with Gasteiger partial charge < -0.3 is 20.3 Å². The minimum absolute atomic E-state index is 0.0250. The molecule has 6 heteroatoms. The third-order valence-corrected chi connectivity index (χ3v) is 4.55. The molecule has 0 aliphatic carbocycles. The number of carbonyl (C=O) groups is 1. The first-order valence-electron chi connectivity index (χ1n) is 9.27. The number of hydrogen-bond donors (Lipinski definition) is 2. The van der Waals surface area contributed by atoms with E-state index in [2.05, 4.69) is 49.4 Å². The fraction of sp³-hybridized carbons (Fsp3) is 0.600. The zero-order chi connectivity index (χ0) is 19.3. The second-order valence-electron chi connectivity index (χ2n) is 7.71. The molecule has 2 N–H and O–H groups in total. The third-order valence-electron chi connectivity index (χ3n) is 4.55. The van der Waals surface area contributed by atoms with E-state index in [1.807, 2.05) is 18.2 Å². The van der Waals surface area contributed by atoms with E-state index in [4.69, 9.17) is 4.74 Å². The molecule has 0 fully saturated rings. The second kappa shape index (κ2) is 8.43. The molecular formula is C20H32N4O2. The molecule has 1 aliphatic heterocycles. The van der Waals surface area contributed by atoms with Crippen molar-refractivity contribution in [2.75, 3.05) is 20.6 Å². The molecule has 0 spiro atoms. The van der Waals surface area contributed by atoms with Crippen molar-refractivity contribution in [1.29, 1.82) is 0 Å². The van der Waals surface area contributed by atoms with Crippen LogP contribution in [0.1, 0.15) is 52.1 Å². The van der Waals surface area contributed by atoms with Crippen molar-refractivity contribution < 1.29 is 9.53 Å². The first-order valence-corrected chi connectivity index (χ1v) is 9.27. The van der Waals surface area contributed by atoms with Crippen molar-refractivity contribution in [3.8, 4) is 5.75 Å². The summed E-state index contributed by atoms with van der Waals surface area (Å²) in [7, 11) is 3.48. The van der Waals surface area contributed by atoms with Crippen molar-refractivity contribution >= 4 is 11.9 Å². The molecule has 0 aromatic heterocycles. The normalized spacial score (nSPS) is 19.8. The third kappa shape index (κ3) is 5.38. The predicted molar refractivity (Wildman–Crippen MR) is 106 cm³/mol. The molecule has 0 bridgehead atoms. The average Bonchev–Trinajstić information content (AvgIpc) is 2.58. The van der Waals surface area contributed by atoms with Gasteiger partial charge in [0.15, 0.2) is 5.96 Å². The van der Waals surface area contributed by atoms with Crippen molar-refractivity contribution in [3.63, 3.8) is 0 Å². The maximum absolute atomic E-state index is 11.9. The van der Waals surface area contributed by atoms with Crippen LogP contribution in [0.25, 0.3) is 0 Å². The lowest BCUT2D eigenvalue weighted by atomic mass is 9.90. The first kappa shape index (κ1) is 20.1. The summed E-state index contributed by atoms with van der Waals surface area (Å²) in [5.74, 6) is 1.53. The first-order chi connectivity index (χ1) is 12.2. The van der Waals surface area contributed by atoms with E-state index in [1.54, 1.807) is 19.0 Å². The van der Waals surface area contributed by atoms with Crippen LogP contribution in [0.15, 0.2) is 29.3 Å². The van der Waals surface area contributed by atoms with E-state index in [9.17, 15) is 4.79 Å². The van der Waals surface area contributed by atoms with Crippen LogP contribution in [0.5, 0.6) is 5.75 Å². The fourth-order valence-corrected chi connectivity index (χ4v) is 2.85. The van der Waals surface area contributed by atoms with Gasteiger partial charge in [0.25, 0.3) is 0 Å². The number of benzene rings is 1. The molecule has 2 unspecified atom stereocenters. The van der Waals surface area contributed by atoms with E-state index < -0.39 is 0 Å². The van der Waals surface area contributed by atoms with Gasteiger partial charge in [-0.1, -0.05) is 25.1 Å². The van der Waals surface area contributed by atoms with E-state index in [-0.39, 0.29) is 30.1 Å². The highest BCUT2D eigenvalue weighted by Gasteiger charge is 2.34. The zero-order valence-electron chi connectivity index (χ0n) is 16.8. The zero-order valence-corrected chi connectivity index (χ0v) is 16.8. The van der Waals surface area contributed by atoms with Gasteiger partial charge in [0.1, 0.15) is 17.9 Å². The molecule has 0 radical (unpaired) electrons. The van der Waals surface area contributed by atoms with Gasteiger partial charge in [-0.2, -0.15) is 0 Å². The SMILES string of the molecule is CCC(C)NC(=NCC(=O)N(C)C)NC1CC(C)(C)Oc2ccccc21. The Hall–Kier alpha value is -2.24. The number of carbonyl (C=O) groups excluding carboxylic acids is 1. The van der Waals surface area contributed by atoms with Crippen LogP contribution in [0.3, 0.4) is 0 Å². The van der Waals surface area contributed by atoms with Crippen molar-refractivity contribution in [3.05, 3.63) is 29.8 Å². The van der Waals surface area contributed by atoms with Gasteiger partial charge >= 0.3 is 0 Å². The number of rotatable bonds is 5. The van der Waals surface area contributed by atoms with E-state index >= 15 is 0 Å². The Morgan fingerprint density at radius 1 is 1.38 bits per heavy atom. The molecule has 2 rings (SSSR count). The quantitative estimate of drug-likeness (QED) is 0.626. The summed E-state index contributed by atoms with van der Waals surface area (Å²) >= 11 is 0. The number of likely N-dealkylation sites (N-methyl/N-ethyl adjacent to an activating group) is 1. The Morgan fingerprint density at radius 3 is 2.73 bits per heavy atom. The topological polar surface area (TPSA) is 66.0 Å². The minimum atomic E-state index is -0.271. The maximum atomic E-state index is 11.9. The summed E-state index contributed by atoms with van der Waals surface area (Å²) < 4.78 is 6.10. The van der Waals surface area contributed by atoms with Crippen molar-refractivity contribution in [2.24, 2.45) is 4.99 Å². The Morgan fingerprint density at radius 2 is 2.08 bits per heavy atom. The number of nitrogens with one attached hydrogen (secondary N) is 2. The van der Waals surface area contributed by atoms with Crippen LogP contribution in [-0.4, -0.2) is 49.0 Å². The van der Waals surface area contributed by atoms with E-state index in [0.717, 1.165) is 24.2 Å². The van der Waals surface area contributed by atoms with Crippen molar-refractivity contribution in [2.45, 2.75) is 58.2 Å². The molecule has 0 saturated carbocycles. The Bertz CT molecular complexity index is 655. The lowest BCUT2D eigenvalue weighted by Gasteiger charge is -2.38. The van der Waals surface area contributed by atoms with E-state index in [0.29, 0.717) is 5.96 Å². The number of fused-ring (bicyclic) bond motifs is 1. The highest BCUT2D eigenvalue weighted by atomic mass is 16.5. The van der Waals surface area contributed by atoms with Crippen LogP contribution >= 0.6 is 0 Å². The highest BCUT2D eigenvalue weighted by Crippen LogP contribution is 2.39. The van der Waals surface area contributed by atoms with Crippen LogP contribution < -0.4 is 15.4 Å². The standard InChI is InChI=1S/C20H32N4O2/c1-7-14(2)22-19(21-13-18(25)24(5)6)23-16-12-20(3,4)26-17-11-9-8-10-15(16)17/h8-11,14,16H,7,12-13H2,1-6H3,(H2,21,22,23). The lowest BCUT2D eigenvalue weighted by molar-refractivity contribution is -0.127. The number of ether oxygens (including phenoxy) is 1. The number of guanidine groups is 1. The van der Waals surface area contributed by atoms with Gasteiger partial charge in [-0.3, -0.25) is 4.79 Å². The van der Waals surface area contributed by atoms with Crippen LogP contribution in [0.4, 0.5) is 0 Å². The summed E-state index contributed by atoms with van der Waals surface area (Å²) in [5, 5.41) is 6.91. The molecule has 144 valence electrons. The molecule has 1 aromatic carbocycles. The number of amides is 1. The van der Waals surface area contributed by atoms with Crippen LogP contribution in [0, 0.1) is 0 Å². The second-order valence-corrected chi connectivity index (χ2v) is 7.71. The molecular weight excluding hydrogens is 328 g/mol. The fourth-order valence-electron chi connectivity index (χ4n) is 2.85.